The van der Waals surface area contributed by atoms with Crippen LogP contribution in [0.5, 0.6) is 0 Å². The Labute approximate surface area is 257 Å². The number of aldehydes is 1. The quantitative estimate of drug-likeness (QED) is 0.263. The van der Waals surface area contributed by atoms with E-state index in [1.807, 2.05) is 19.9 Å². The van der Waals surface area contributed by atoms with Crippen LogP contribution >= 0.6 is 11.6 Å². The molecular weight excluding hydrogens is 573 g/mol. The van der Waals surface area contributed by atoms with E-state index < -0.39 is 41.4 Å². The van der Waals surface area contributed by atoms with E-state index in [9.17, 15) is 23.6 Å². The molecule has 2 aromatic rings. The van der Waals surface area contributed by atoms with Gasteiger partial charge in [-0.3, -0.25) is 9.59 Å². The fraction of sp³-hybridized carbons (Fsp3) is 0.515. The minimum absolute atomic E-state index is 0.132. The molecule has 1 aliphatic heterocycles. The number of ether oxygens (including phenoxy) is 1. The van der Waals surface area contributed by atoms with Gasteiger partial charge >= 0.3 is 6.09 Å². The SMILES string of the molecule is CC(C)(c1cccc(Cl)c1)C(OC(=O)NC(CC1CCCCC1)C(=O)NC(C=O)CC1CCNC1=O)c1cccc(F)c1. The first-order valence-electron chi connectivity index (χ1n) is 15.1. The number of carbonyl (C=O) groups excluding carboxylic acids is 4. The van der Waals surface area contributed by atoms with Crippen molar-refractivity contribution in [1.29, 1.82) is 0 Å². The highest BCUT2D eigenvalue weighted by molar-refractivity contribution is 6.30. The van der Waals surface area contributed by atoms with Crippen molar-refractivity contribution >= 4 is 35.8 Å². The first-order chi connectivity index (χ1) is 20.6. The zero-order valence-corrected chi connectivity index (χ0v) is 25.5. The number of benzene rings is 2. The smallest absolute Gasteiger partial charge is 0.408 e. The lowest BCUT2D eigenvalue weighted by atomic mass is 9.76. The van der Waals surface area contributed by atoms with E-state index in [1.165, 1.54) is 12.1 Å². The van der Waals surface area contributed by atoms with E-state index >= 15 is 0 Å². The molecule has 4 atom stereocenters. The van der Waals surface area contributed by atoms with Crippen molar-refractivity contribution in [2.45, 2.75) is 88.8 Å². The first-order valence-corrected chi connectivity index (χ1v) is 15.5. The van der Waals surface area contributed by atoms with Gasteiger partial charge in [-0.15, -0.1) is 0 Å². The summed E-state index contributed by atoms with van der Waals surface area (Å²) in [5.41, 5.74) is 0.398. The third-order valence-corrected chi connectivity index (χ3v) is 8.93. The lowest BCUT2D eigenvalue weighted by Crippen LogP contribution is -2.52. The fourth-order valence-electron chi connectivity index (χ4n) is 6.22. The summed E-state index contributed by atoms with van der Waals surface area (Å²) in [6, 6.07) is 11.2. The van der Waals surface area contributed by atoms with Gasteiger partial charge in [-0.25, -0.2) is 9.18 Å². The third kappa shape index (κ3) is 8.78. The number of hydrogen-bond donors (Lipinski definition) is 3. The molecule has 0 bridgehead atoms. The molecule has 1 saturated heterocycles. The maximum absolute atomic E-state index is 14.3. The number of rotatable bonds is 12. The van der Waals surface area contributed by atoms with Crippen molar-refractivity contribution in [3.05, 3.63) is 70.5 Å². The van der Waals surface area contributed by atoms with E-state index in [2.05, 4.69) is 16.0 Å². The van der Waals surface area contributed by atoms with Gasteiger partial charge in [0.05, 0.1) is 6.04 Å². The third-order valence-electron chi connectivity index (χ3n) is 8.70. The number of carbonyl (C=O) groups is 4. The molecule has 4 rings (SSSR count). The largest absolute Gasteiger partial charge is 0.440 e. The molecule has 3 N–H and O–H groups in total. The molecule has 2 aliphatic rings. The zero-order chi connectivity index (χ0) is 31.0. The fourth-order valence-corrected chi connectivity index (χ4v) is 6.41. The standard InChI is InChI=1S/C33H41ClFN3O5/c1-33(2,24-11-7-12-25(34)19-24)29(22-10-6-13-26(35)17-22)43-32(42)38-28(16-21-8-4-3-5-9-21)31(41)37-27(20-39)18-23-14-15-36-30(23)40/h6-7,10-13,17,19-21,23,27-29H,3-5,8-9,14-16,18H2,1-2H3,(H,36,40)(H,37,41)(H,38,42). The molecule has 2 aromatic carbocycles. The van der Waals surface area contributed by atoms with E-state index in [-0.39, 0.29) is 24.2 Å². The maximum atomic E-state index is 14.3. The maximum Gasteiger partial charge on any atom is 0.408 e. The molecule has 3 amide bonds. The van der Waals surface area contributed by atoms with Gasteiger partial charge in [-0.2, -0.15) is 0 Å². The summed E-state index contributed by atoms with van der Waals surface area (Å²) in [4.78, 5) is 51.0. The Hall–Kier alpha value is -3.46. The van der Waals surface area contributed by atoms with Crippen LogP contribution in [0.3, 0.4) is 0 Å². The van der Waals surface area contributed by atoms with Gasteiger partial charge in [0.25, 0.3) is 0 Å². The van der Waals surface area contributed by atoms with Crippen molar-refractivity contribution in [3.63, 3.8) is 0 Å². The van der Waals surface area contributed by atoms with Crippen LogP contribution in [0, 0.1) is 17.7 Å². The Morgan fingerprint density at radius 1 is 1.07 bits per heavy atom. The summed E-state index contributed by atoms with van der Waals surface area (Å²) in [6.45, 7) is 4.29. The van der Waals surface area contributed by atoms with Gasteiger partial charge in [-0.05, 0) is 60.6 Å². The van der Waals surface area contributed by atoms with Crippen LogP contribution in [0.2, 0.25) is 5.02 Å². The number of amides is 3. The molecule has 4 unspecified atom stereocenters. The summed E-state index contributed by atoms with van der Waals surface area (Å²) >= 11 is 6.27. The Kier molecular flexibility index (Phi) is 11.2. The second kappa shape index (κ2) is 14.8. The molecule has 43 heavy (non-hydrogen) atoms. The topological polar surface area (TPSA) is 114 Å². The van der Waals surface area contributed by atoms with Gasteiger partial charge in [0.2, 0.25) is 11.8 Å². The molecule has 0 radical (unpaired) electrons. The molecular formula is C33H41ClFN3O5. The van der Waals surface area contributed by atoms with Crippen LogP contribution in [0.4, 0.5) is 9.18 Å². The number of hydrogen-bond acceptors (Lipinski definition) is 5. The molecule has 10 heteroatoms. The van der Waals surface area contributed by atoms with Crippen LogP contribution in [-0.2, 0) is 24.5 Å². The molecule has 1 heterocycles. The van der Waals surface area contributed by atoms with E-state index in [4.69, 9.17) is 16.3 Å². The normalized spacial score (nSPS) is 19.5. The van der Waals surface area contributed by atoms with Crippen LogP contribution in [0.1, 0.15) is 82.4 Å². The van der Waals surface area contributed by atoms with E-state index in [1.54, 1.807) is 30.3 Å². The Bertz CT molecular complexity index is 1300. The Balaban J connectivity index is 1.54. The predicted molar refractivity (Wildman–Crippen MR) is 162 cm³/mol. The van der Waals surface area contributed by atoms with Crippen molar-refractivity contribution in [1.82, 2.24) is 16.0 Å². The average Bonchev–Trinajstić information content (AvgIpc) is 3.39. The number of halogens is 2. The van der Waals surface area contributed by atoms with Gasteiger partial charge in [0.15, 0.2) is 0 Å². The predicted octanol–water partition coefficient (Wildman–Crippen LogP) is 5.77. The second-order valence-electron chi connectivity index (χ2n) is 12.3. The molecule has 8 nitrogen and oxygen atoms in total. The van der Waals surface area contributed by atoms with Crippen molar-refractivity contribution in [2.75, 3.05) is 6.54 Å². The summed E-state index contributed by atoms with van der Waals surface area (Å²) in [7, 11) is 0. The number of alkyl carbamates (subject to hydrolysis) is 1. The van der Waals surface area contributed by atoms with Crippen LogP contribution in [0.25, 0.3) is 0 Å². The highest BCUT2D eigenvalue weighted by Crippen LogP contribution is 2.40. The van der Waals surface area contributed by atoms with E-state index in [0.29, 0.717) is 36.3 Å². The van der Waals surface area contributed by atoms with Crippen molar-refractivity contribution in [3.8, 4) is 0 Å². The molecule has 1 aliphatic carbocycles. The summed E-state index contributed by atoms with van der Waals surface area (Å²) in [5, 5.41) is 8.76. The second-order valence-corrected chi connectivity index (χ2v) is 12.7. The lowest BCUT2D eigenvalue weighted by molar-refractivity contribution is -0.127. The molecule has 232 valence electrons. The highest BCUT2D eigenvalue weighted by atomic mass is 35.5. The first kappa shape index (κ1) is 32.5. The molecule has 1 saturated carbocycles. The lowest BCUT2D eigenvalue weighted by Gasteiger charge is -2.35. The van der Waals surface area contributed by atoms with Crippen LogP contribution in [-0.4, -0.2) is 42.8 Å². The monoisotopic (exact) mass is 613 g/mol. The average molecular weight is 614 g/mol. The highest BCUT2D eigenvalue weighted by Gasteiger charge is 2.38. The minimum Gasteiger partial charge on any atom is -0.440 e. The summed E-state index contributed by atoms with van der Waals surface area (Å²) < 4.78 is 20.3. The van der Waals surface area contributed by atoms with Crippen LogP contribution in [0.15, 0.2) is 48.5 Å². The Morgan fingerprint density at radius 3 is 2.47 bits per heavy atom. The van der Waals surface area contributed by atoms with Gasteiger partial charge in [0, 0.05) is 22.9 Å². The van der Waals surface area contributed by atoms with Crippen LogP contribution < -0.4 is 16.0 Å². The summed E-state index contributed by atoms with van der Waals surface area (Å²) in [6.07, 6.45) is 5.15. The van der Waals surface area contributed by atoms with E-state index in [0.717, 1.165) is 37.7 Å². The Morgan fingerprint density at radius 2 is 1.81 bits per heavy atom. The van der Waals surface area contributed by atoms with Gasteiger partial charge in [-0.1, -0.05) is 81.8 Å². The van der Waals surface area contributed by atoms with Crippen molar-refractivity contribution in [2.24, 2.45) is 11.8 Å². The van der Waals surface area contributed by atoms with Crippen molar-refractivity contribution < 1.29 is 28.3 Å². The van der Waals surface area contributed by atoms with Gasteiger partial charge < -0.3 is 25.5 Å². The molecule has 0 spiro atoms. The van der Waals surface area contributed by atoms with Gasteiger partial charge in [0.1, 0.15) is 24.2 Å². The number of nitrogens with one attached hydrogen (secondary N) is 3. The minimum atomic E-state index is -0.960. The summed E-state index contributed by atoms with van der Waals surface area (Å²) in [5.74, 6) is -1.24. The zero-order valence-electron chi connectivity index (χ0n) is 24.7. The molecule has 2 fully saturated rings. The molecule has 0 aromatic heterocycles.